The molecule has 0 unspecified atom stereocenters. The van der Waals surface area contributed by atoms with Gasteiger partial charge in [-0.2, -0.15) is 0 Å². The zero-order chi connectivity index (χ0) is 25.2. The standard InChI is InChI=1S/C33H65N2/c1-4-7-9-11-13-15-16-17-18-19-20-21-22-24-26-28-33-34(29-6-3)31-32-35(33)30-27-25-23-14-12-10-8-5-2/h31-32H,4-30H2,1-3H3/q+1. The molecular formula is C33H65N2+. The van der Waals surface area contributed by atoms with Gasteiger partial charge in [-0.15, -0.1) is 0 Å². The molecule has 0 saturated heterocycles. The summed E-state index contributed by atoms with van der Waals surface area (Å²) in [6, 6.07) is 0. The van der Waals surface area contributed by atoms with Crippen molar-refractivity contribution in [1.82, 2.24) is 4.57 Å². The van der Waals surface area contributed by atoms with Gasteiger partial charge in [0.1, 0.15) is 12.4 Å². The SMILES string of the molecule is CCCCCCCCCCCCCCCCCc1n(CCCCCCCCCC)cc[n+]1CCC. The van der Waals surface area contributed by atoms with Gasteiger partial charge in [-0.1, -0.05) is 149 Å². The Labute approximate surface area is 221 Å². The van der Waals surface area contributed by atoms with Crippen LogP contribution >= 0.6 is 0 Å². The minimum Gasteiger partial charge on any atom is -0.234 e. The molecule has 1 heterocycles. The van der Waals surface area contributed by atoms with Crippen molar-refractivity contribution in [2.75, 3.05) is 0 Å². The third kappa shape index (κ3) is 18.2. The molecule has 0 atom stereocenters. The van der Waals surface area contributed by atoms with Crippen LogP contribution in [0, 0.1) is 0 Å². The fraction of sp³-hybridized carbons (Fsp3) is 0.909. The summed E-state index contributed by atoms with van der Waals surface area (Å²) < 4.78 is 5.12. The number of nitrogens with zero attached hydrogens (tertiary/aromatic N) is 2. The zero-order valence-corrected chi connectivity index (χ0v) is 24.6. The lowest BCUT2D eigenvalue weighted by molar-refractivity contribution is -0.703. The molecule has 0 radical (unpaired) electrons. The fourth-order valence-corrected chi connectivity index (χ4v) is 5.50. The third-order valence-corrected chi connectivity index (χ3v) is 7.81. The first kappa shape index (κ1) is 32.2. The van der Waals surface area contributed by atoms with Gasteiger partial charge in [0.15, 0.2) is 0 Å². The van der Waals surface area contributed by atoms with Gasteiger partial charge in [-0.25, -0.2) is 9.13 Å². The van der Waals surface area contributed by atoms with Crippen LogP contribution in [0.5, 0.6) is 0 Å². The fourth-order valence-electron chi connectivity index (χ4n) is 5.50. The van der Waals surface area contributed by atoms with Crippen molar-refractivity contribution in [3.8, 4) is 0 Å². The first-order valence-corrected chi connectivity index (χ1v) is 16.4. The highest BCUT2D eigenvalue weighted by Gasteiger charge is 2.15. The number of rotatable bonds is 27. The predicted molar refractivity (Wildman–Crippen MR) is 156 cm³/mol. The predicted octanol–water partition coefficient (Wildman–Crippen LogP) is 10.7. The summed E-state index contributed by atoms with van der Waals surface area (Å²) in [4.78, 5) is 0. The summed E-state index contributed by atoms with van der Waals surface area (Å²) in [7, 11) is 0. The quantitative estimate of drug-likeness (QED) is 0.0858. The Morgan fingerprint density at radius 1 is 0.486 bits per heavy atom. The molecule has 206 valence electrons. The number of hydrogen-bond acceptors (Lipinski definition) is 0. The maximum Gasteiger partial charge on any atom is 0.256 e. The molecule has 0 spiro atoms. The van der Waals surface area contributed by atoms with Crippen molar-refractivity contribution < 1.29 is 4.57 Å². The molecule has 0 bridgehead atoms. The molecule has 0 saturated carbocycles. The second-order valence-electron chi connectivity index (χ2n) is 11.3. The van der Waals surface area contributed by atoms with Crippen molar-refractivity contribution in [2.45, 2.75) is 194 Å². The average Bonchev–Trinajstić information content (AvgIpc) is 3.24. The van der Waals surface area contributed by atoms with Crippen molar-refractivity contribution in [2.24, 2.45) is 0 Å². The largest absolute Gasteiger partial charge is 0.256 e. The molecular weight excluding hydrogens is 424 g/mol. The molecule has 0 amide bonds. The Kier molecular flexibility index (Phi) is 22.9. The molecule has 0 aliphatic carbocycles. The minimum absolute atomic E-state index is 1.18. The van der Waals surface area contributed by atoms with Crippen molar-refractivity contribution >= 4 is 0 Å². The topological polar surface area (TPSA) is 8.81 Å². The van der Waals surface area contributed by atoms with Crippen LogP contribution in [-0.2, 0) is 19.5 Å². The van der Waals surface area contributed by atoms with E-state index < -0.39 is 0 Å². The first-order chi connectivity index (χ1) is 17.3. The van der Waals surface area contributed by atoms with Crippen LogP contribution in [-0.4, -0.2) is 4.57 Å². The van der Waals surface area contributed by atoms with E-state index in [1.54, 1.807) is 5.82 Å². The van der Waals surface area contributed by atoms with Crippen molar-refractivity contribution in [3.05, 3.63) is 18.2 Å². The number of imidazole rings is 1. The Balaban J connectivity index is 2.07. The van der Waals surface area contributed by atoms with E-state index in [9.17, 15) is 0 Å². The van der Waals surface area contributed by atoms with Crippen LogP contribution < -0.4 is 4.57 Å². The molecule has 2 heteroatoms. The summed E-state index contributed by atoms with van der Waals surface area (Å²) in [6.45, 7) is 9.32. The van der Waals surface area contributed by atoms with E-state index in [1.165, 1.54) is 174 Å². The molecule has 1 aromatic heterocycles. The second kappa shape index (κ2) is 24.9. The van der Waals surface area contributed by atoms with E-state index in [0.717, 1.165) is 0 Å². The van der Waals surface area contributed by atoms with Gasteiger partial charge in [-0.05, 0) is 25.7 Å². The number of aromatic nitrogens is 2. The van der Waals surface area contributed by atoms with Gasteiger partial charge >= 0.3 is 0 Å². The molecule has 0 aliphatic heterocycles. The average molecular weight is 490 g/mol. The summed E-state index contributed by atoms with van der Waals surface area (Å²) in [5.74, 6) is 1.59. The molecule has 0 aromatic carbocycles. The van der Waals surface area contributed by atoms with Crippen LogP contribution in [0.15, 0.2) is 12.4 Å². The highest BCUT2D eigenvalue weighted by Crippen LogP contribution is 2.15. The van der Waals surface area contributed by atoms with E-state index in [-0.39, 0.29) is 0 Å². The summed E-state index contributed by atoms with van der Waals surface area (Å²) in [6.07, 6.45) is 40.1. The van der Waals surface area contributed by atoms with E-state index in [1.807, 2.05) is 0 Å². The molecule has 0 fully saturated rings. The Morgan fingerprint density at radius 2 is 0.886 bits per heavy atom. The normalized spacial score (nSPS) is 11.5. The number of aryl methyl sites for hydroxylation is 2. The Hall–Kier alpha value is -0.790. The molecule has 0 N–H and O–H groups in total. The van der Waals surface area contributed by atoms with Crippen LogP contribution in [0.3, 0.4) is 0 Å². The van der Waals surface area contributed by atoms with Gasteiger partial charge in [0.05, 0.1) is 13.1 Å². The lowest BCUT2D eigenvalue weighted by Gasteiger charge is -2.06. The van der Waals surface area contributed by atoms with Gasteiger partial charge in [0.2, 0.25) is 0 Å². The van der Waals surface area contributed by atoms with Gasteiger partial charge in [0, 0.05) is 6.42 Å². The van der Waals surface area contributed by atoms with E-state index in [0.29, 0.717) is 0 Å². The van der Waals surface area contributed by atoms with E-state index in [2.05, 4.69) is 42.3 Å². The smallest absolute Gasteiger partial charge is 0.234 e. The monoisotopic (exact) mass is 490 g/mol. The number of hydrogen-bond donors (Lipinski definition) is 0. The van der Waals surface area contributed by atoms with Gasteiger partial charge < -0.3 is 0 Å². The highest BCUT2D eigenvalue weighted by atomic mass is 15.1. The first-order valence-electron chi connectivity index (χ1n) is 16.4. The number of unbranched alkanes of at least 4 members (excludes halogenated alkanes) is 21. The molecule has 0 aliphatic rings. The summed E-state index contributed by atoms with van der Waals surface area (Å²) >= 11 is 0. The Bertz CT molecular complexity index is 547. The van der Waals surface area contributed by atoms with Crippen LogP contribution in [0.4, 0.5) is 0 Å². The van der Waals surface area contributed by atoms with Gasteiger partial charge in [-0.3, -0.25) is 0 Å². The molecule has 35 heavy (non-hydrogen) atoms. The van der Waals surface area contributed by atoms with Crippen LogP contribution in [0.1, 0.15) is 181 Å². The Morgan fingerprint density at radius 3 is 1.31 bits per heavy atom. The summed E-state index contributed by atoms with van der Waals surface area (Å²) in [5.41, 5.74) is 0. The van der Waals surface area contributed by atoms with Crippen LogP contribution in [0.25, 0.3) is 0 Å². The molecule has 1 rings (SSSR count). The lowest BCUT2D eigenvalue weighted by Crippen LogP contribution is -2.37. The highest BCUT2D eigenvalue weighted by molar-refractivity contribution is 4.84. The maximum atomic E-state index is 2.58. The third-order valence-electron chi connectivity index (χ3n) is 7.81. The second-order valence-corrected chi connectivity index (χ2v) is 11.3. The van der Waals surface area contributed by atoms with Gasteiger partial charge in [0.25, 0.3) is 5.82 Å². The van der Waals surface area contributed by atoms with Crippen LogP contribution in [0.2, 0.25) is 0 Å². The van der Waals surface area contributed by atoms with Crippen molar-refractivity contribution in [3.63, 3.8) is 0 Å². The molecule has 2 nitrogen and oxygen atoms in total. The zero-order valence-electron chi connectivity index (χ0n) is 24.6. The van der Waals surface area contributed by atoms with E-state index in [4.69, 9.17) is 0 Å². The minimum atomic E-state index is 1.18. The van der Waals surface area contributed by atoms with Crippen molar-refractivity contribution in [1.29, 1.82) is 0 Å². The molecule has 1 aromatic rings. The lowest BCUT2D eigenvalue weighted by atomic mass is 10.0. The summed E-state index contributed by atoms with van der Waals surface area (Å²) in [5, 5.41) is 0. The maximum absolute atomic E-state index is 2.58. The van der Waals surface area contributed by atoms with E-state index >= 15 is 0 Å².